The topological polar surface area (TPSA) is 105 Å². The van der Waals surface area contributed by atoms with Gasteiger partial charge in [-0.05, 0) is 55.0 Å². The first kappa shape index (κ1) is 21.5. The van der Waals surface area contributed by atoms with Gasteiger partial charge in [-0.25, -0.2) is 8.42 Å². The molecule has 3 aromatic carbocycles. The molecule has 4 rings (SSSR count). The zero-order chi connectivity index (χ0) is 22.9. The third-order valence-corrected chi connectivity index (χ3v) is 7.16. The highest BCUT2D eigenvalue weighted by molar-refractivity contribution is 7.92. The highest BCUT2D eigenvalue weighted by Gasteiger charge is 2.28. The zero-order valence-corrected chi connectivity index (χ0v) is 18.6. The number of amides is 1. The lowest BCUT2D eigenvalue weighted by Crippen LogP contribution is -2.27. The van der Waals surface area contributed by atoms with Crippen LogP contribution < -0.4 is 20.7 Å². The van der Waals surface area contributed by atoms with Crippen molar-refractivity contribution in [3.05, 3.63) is 83.9 Å². The Labute approximate surface area is 187 Å². The van der Waals surface area contributed by atoms with Crippen molar-refractivity contribution in [3.8, 4) is 0 Å². The molecule has 0 spiro atoms. The standard InChI is InChI=1S/C24H24N4O3S/c1-3-32(30,31)28(2)19-12-10-18(11-13-19)26-23(16-7-5-4-6-8-16)22-20-15-17(25)9-14-21(20)27-24(22)29/h4-15,26H,3,25H2,1-2H3,(H,27,29). The number of nitrogen functional groups attached to an aromatic ring is 1. The maximum atomic E-state index is 12.9. The largest absolute Gasteiger partial charge is 0.399 e. The molecule has 0 radical (unpaired) electrons. The Bertz CT molecular complexity index is 1300. The Balaban J connectivity index is 1.77. The van der Waals surface area contributed by atoms with Crippen molar-refractivity contribution in [2.45, 2.75) is 6.92 Å². The Morgan fingerprint density at radius 3 is 2.38 bits per heavy atom. The summed E-state index contributed by atoms with van der Waals surface area (Å²) in [6, 6.07) is 21.9. The predicted molar refractivity (Wildman–Crippen MR) is 131 cm³/mol. The summed E-state index contributed by atoms with van der Waals surface area (Å²) in [6.07, 6.45) is 0. The number of benzene rings is 3. The molecule has 1 aliphatic rings. The summed E-state index contributed by atoms with van der Waals surface area (Å²) in [4.78, 5) is 12.9. The highest BCUT2D eigenvalue weighted by atomic mass is 32.2. The molecule has 0 aromatic heterocycles. The number of sulfonamides is 1. The summed E-state index contributed by atoms with van der Waals surface area (Å²) >= 11 is 0. The normalized spacial score (nSPS) is 14.5. The van der Waals surface area contributed by atoms with Gasteiger partial charge in [0.05, 0.1) is 22.7 Å². The van der Waals surface area contributed by atoms with Crippen molar-refractivity contribution in [3.63, 3.8) is 0 Å². The Hall–Kier alpha value is -3.78. The van der Waals surface area contributed by atoms with E-state index in [1.54, 1.807) is 49.4 Å². The fourth-order valence-electron chi connectivity index (χ4n) is 3.57. The number of nitrogens with one attached hydrogen (secondary N) is 2. The van der Waals surface area contributed by atoms with Crippen molar-refractivity contribution in [2.24, 2.45) is 0 Å². The van der Waals surface area contributed by atoms with Crippen molar-refractivity contribution >= 4 is 50.0 Å². The van der Waals surface area contributed by atoms with Crippen LogP contribution >= 0.6 is 0 Å². The number of hydrogen-bond acceptors (Lipinski definition) is 5. The first-order valence-corrected chi connectivity index (χ1v) is 11.8. The summed E-state index contributed by atoms with van der Waals surface area (Å²) in [5.74, 6) is -0.201. The van der Waals surface area contributed by atoms with E-state index in [-0.39, 0.29) is 11.7 Å². The van der Waals surface area contributed by atoms with Crippen LogP contribution in [0.25, 0.3) is 11.3 Å². The molecule has 0 atom stereocenters. The van der Waals surface area contributed by atoms with Gasteiger partial charge >= 0.3 is 0 Å². The van der Waals surface area contributed by atoms with Crippen molar-refractivity contribution in [2.75, 3.05) is 33.5 Å². The maximum Gasteiger partial charge on any atom is 0.258 e. The van der Waals surface area contributed by atoms with Gasteiger partial charge in [-0.3, -0.25) is 9.10 Å². The van der Waals surface area contributed by atoms with Crippen LogP contribution in [0.1, 0.15) is 18.1 Å². The smallest absolute Gasteiger partial charge is 0.258 e. The summed E-state index contributed by atoms with van der Waals surface area (Å²) in [7, 11) is -1.82. The molecule has 0 bridgehead atoms. The van der Waals surface area contributed by atoms with Crippen LogP contribution in [0.3, 0.4) is 0 Å². The second-order valence-corrected chi connectivity index (χ2v) is 9.70. The van der Waals surface area contributed by atoms with E-state index in [0.717, 1.165) is 11.1 Å². The number of nitrogens with zero attached hydrogens (tertiary/aromatic N) is 1. The Morgan fingerprint density at radius 1 is 1.03 bits per heavy atom. The second-order valence-electron chi connectivity index (χ2n) is 7.42. The van der Waals surface area contributed by atoms with Crippen molar-refractivity contribution < 1.29 is 13.2 Å². The van der Waals surface area contributed by atoms with Gasteiger partial charge in [0, 0.05) is 29.7 Å². The lowest BCUT2D eigenvalue weighted by molar-refractivity contribution is -0.110. The number of carbonyl (C=O) groups excluding carboxylic acids is 1. The predicted octanol–water partition coefficient (Wildman–Crippen LogP) is 3.99. The molecule has 0 unspecified atom stereocenters. The minimum Gasteiger partial charge on any atom is -0.399 e. The fraction of sp³-hybridized carbons (Fsp3) is 0.125. The van der Waals surface area contributed by atoms with Crippen LogP contribution in [0.5, 0.6) is 0 Å². The lowest BCUT2D eigenvalue weighted by atomic mass is 9.99. The number of fused-ring (bicyclic) bond motifs is 1. The van der Waals surface area contributed by atoms with Crippen LogP contribution in [0.4, 0.5) is 22.7 Å². The van der Waals surface area contributed by atoms with Crippen LogP contribution in [0.15, 0.2) is 72.8 Å². The number of anilines is 4. The van der Waals surface area contributed by atoms with Crippen LogP contribution in [0.2, 0.25) is 0 Å². The fourth-order valence-corrected chi connectivity index (χ4v) is 4.40. The zero-order valence-electron chi connectivity index (χ0n) is 17.8. The Morgan fingerprint density at radius 2 is 1.72 bits per heavy atom. The van der Waals surface area contributed by atoms with Crippen molar-refractivity contribution in [1.82, 2.24) is 0 Å². The van der Waals surface area contributed by atoms with Gasteiger partial charge in [0.1, 0.15) is 0 Å². The van der Waals surface area contributed by atoms with Gasteiger partial charge in [-0.15, -0.1) is 0 Å². The molecule has 0 aliphatic carbocycles. The molecule has 3 aromatic rings. The van der Waals surface area contributed by atoms with Crippen LogP contribution in [-0.2, 0) is 14.8 Å². The van der Waals surface area contributed by atoms with Gasteiger partial charge in [0.2, 0.25) is 10.0 Å². The van der Waals surface area contributed by atoms with E-state index in [1.807, 2.05) is 30.3 Å². The summed E-state index contributed by atoms with van der Waals surface area (Å²) in [5.41, 5.74) is 11.2. The number of carbonyl (C=O) groups is 1. The minimum atomic E-state index is -3.35. The van der Waals surface area contributed by atoms with E-state index < -0.39 is 10.0 Å². The quantitative estimate of drug-likeness (QED) is 0.391. The van der Waals surface area contributed by atoms with E-state index in [0.29, 0.717) is 34.0 Å². The third-order valence-electron chi connectivity index (χ3n) is 5.38. The summed E-state index contributed by atoms with van der Waals surface area (Å²) in [5, 5.41) is 6.25. The first-order chi connectivity index (χ1) is 15.3. The molecule has 7 nitrogen and oxygen atoms in total. The molecular formula is C24H24N4O3S. The van der Waals surface area contributed by atoms with E-state index in [4.69, 9.17) is 5.73 Å². The molecule has 1 heterocycles. The lowest BCUT2D eigenvalue weighted by Gasteiger charge is -2.19. The van der Waals surface area contributed by atoms with Crippen LogP contribution in [0, 0.1) is 0 Å². The molecule has 1 amide bonds. The maximum absolute atomic E-state index is 12.9. The van der Waals surface area contributed by atoms with E-state index in [9.17, 15) is 13.2 Å². The molecule has 0 saturated heterocycles. The van der Waals surface area contributed by atoms with Gasteiger partial charge < -0.3 is 16.4 Å². The SMILES string of the molecule is CCS(=O)(=O)N(C)c1ccc(NC(=C2C(=O)Nc3ccc(N)cc32)c2ccccc2)cc1. The van der Waals surface area contributed by atoms with Gasteiger partial charge in [-0.1, -0.05) is 30.3 Å². The summed E-state index contributed by atoms with van der Waals surface area (Å²) in [6.45, 7) is 1.61. The first-order valence-electron chi connectivity index (χ1n) is 10.1. The molecular weight excluding hydrogens is 424 g/mol. The van der Waals surface area contributed by atoms with E-state index in [1.165, 1.54) is 11.4 Å². The number of rotatable bonds is 6. The van der Waals surface area contributed by atoms with Gasteiger partial charge in [0.25, 0.3) is 5.91 Å². The van der Waals surface area contributed by atoms with Gasteiger partial charge in [0.15, 0.2) is 0 Å². The van der Waals surface area contributed by atoms with Crippen molar-refractivity contribution in [1.29, 1.82) is 0 Å². The number of hydrogen-bond donors (Lipinski definition) is 3. The average Bonchev–Trinajstić information content (AvgIpc) is 3.12. The van der Waals surface area contributed by atoms with E-state index in [2.05, 4.69) is 10.6 Å². The Kier molecular flexibility index (Phi) is 5.63. The van der Waals surface area contributed by atoms with Gasteiger partial charge in [-0.2, -0.15) is 0 Å². The second kappa shape index (κ2) is 8.39. The molecule has 1 aliphatic heterocycles. The molecule has 164 valence electrons. The van der Waals surface area contributed by atoms with Crippen LogP contribution in [-0.4, -0.2) is 27.1 Å². The molecule has 4 N–H and O–H groups in total. The molecule has 8 heteroatoms. The summed E-state index contributed by atoms with van der Waals surface area (Å²) < 4.78 is 25.6. The molecule has 32 heavy (non-hydrogen) atoms. The average molecular weight is 449 g/mol. The van der Waals surface area contributed by atoms with E-state index >= 15 is 0 Å². The molecule has 0 fully saturated rings. The highest BCUT2D eigenvalue weighted by Crippen LogP contribution is 2.38. The third kappa shape index (κ3) is 4.04. The monoisotopic (exact) mass is 448 g/mol. The minimum absolute atomic E-state index is 0.0193. The molecule has 0 saturated carbocycles. The number of nitrogens with two attached hydrogens (primary N) is 1.